The van der Waals surface area contributed by atoms with Crippen molar-refractivity contribution in [2.75, 3.05) is 7.05 Å². The van der Waals surface area contributed by atoms with Crippen molar-refractivity contribution >= 4 is 11.6 Å². The highest BCUT2D eigenvalue weighted by Gasteiger charge is 2.13. The number of aromatic amines is 1. The number of aromatic nitrogens is 2. The smallest absolute Gasteiger partial charge is 0.134 e. The van der Waals surface area contributed by atoms with Crippen molar-refractivity contribution in [3.63, 3.8) is 0 Å². The second-order valence-electron chi connectivity index (χ2n) is 4.63. The minimum Gasteiger partial charge on any atom is -0.331 e. The maximum absolute atomic E-state index is 6.23. The molecule has 1 aromatic heterocycles. The molecule has 0 unspecified atom stereocenters. The fraction of sp³-hybridized carbons (Fsp3) is 0.357. The van der Waals surface area contributed by atoms with E-state index in [9.17, 15) is 0 Å². The maximum atomic E-state index is 6.23. The van der Waals surface area contributed by atoms with E-state index < -0.39 is 0 Å². The fourth-order valence-electron chi connectivity index (χ4n) is 2.04. The average Bonchev–Trinajstić information content (AvgIpc) is 2.65. The predicted octanol–water partition coefficient (Wildman–Crippen LogP) is 3.37. The topological polar surface area (TPSA) is 40.7 Å². The Balaban J connectivity index is 2.51. The highest BCUT2D eigenvalue weighted by Crippen LogP contribution is 2.30. The van der Waals surface area contributed by atoms with Crippen molar-refractivity contribution in [3.8, 4) is 11.3 Å². The van der Waals surface area contributed by atoms with Crippen molar-refractivity contribution in [2.24, 2.45) is 0 Å². The van der Waals surface area contributed by atoms with E-state index in [0.717, 1.165) is 17.1 Å². The lowest BCUT2D eigenvalue weighted by Gasteiger charge is -2.08. The molecule has 1 aromatic carbocycles. The molecule has 0 saturated heterocycles. The predicted molar refractivity (Wildman–Crippen MR) is 76.0 cm³/mol. The molecule has 0 fully saturated rings. The van der Waals surface area contributed by atoms with Gasteiger partial charge < -0.3 is 10.3 Å². The second kappa shape index (κ2) is 5.12. The number of nitrogens with zero attached hydrogens (tertiary/aromatic N) is 1. The number of H-pyrrole nitrogens is 1. The van der Waals surface area contributed by atoms with Crippen LogP contribution in [0.1, 0.15) is 22.5 Å². The minimum atomic E-state index is 0.603. The first-order valence-electron chi connectivity index (χ1n) is 6.00. The molecule has 2 N–H and O–H groups in total. The molecule has 0 bridgehead atoms. The first kappa shape index (κ1) is 13.1. The van der Waals surface area contributed by atoms with Crippen LogP contribution in [-0.4, -0.2) is 17.0 Å². The molecule has 0 atom stereocenters. The van der Waals surface area contributed by atoms with Crippen LogP contribution < -0.4 is 5.32 Å². The Morgan fingerprint density at radius 1 is 1.17 bits per heavy atom. The van der Waals surface area contributed by atoms with Gasteiger partial charge in [0.2, 0.25) is 0 Å². The molecule has 0 radical (unpaired) electrons. The summed E-state index contributed by atoms with van der Waals surface area (Å²) < 4.78 is 0. The number of hydrogen-bond donors (Lipinski definition) is 2. The van der Waals surface area contributed by atoms with Crippen molar-refractivity contribution in [1.29, 1.82) is 0 Å². The summed E-state index contributed by atoms with van der Waals surface area (Å²) >= 11 is 6.23. The van der Waals surface area contributed by atoms with Crippen LogP contribution in [0.4, 0.5) is 0 Å². The van der Waals surface area contributed by atoms with Crippen molar-refractivity contribution in [1.82, 2.24) is 15.3 Å². The lowest BCUT2D eigenvalue weighted by atomic mass is 9.99. The van der Waals surface area contributed by atoms with E-state index in [1.165, 1.54) is 16.7 Å². The summed E-state index contributed by atoms with van der Waals surface area (Å²) in [7, 11) is 1.89. The van der Waals surface area contributed by atoms with Crippen LogP contribution in [0.5, 0.6) is 0 Å². The van der Waals surface area contributed by atoms with Crippen LogP contribution in [0.25, 0.3) is 11.3 Å². The van der Waals surface area contributed by atoms with Gasteiger partial charge in [-0.1, -0.05) is 17.7 Å². The number of imidazole rings is 1. The zero-order chi connectivity index (χ0) is 13.3. The van der Waals surface area contributed by atoms with Gasteiger partial charge in [0.1, 0.15) is 16.7 Å². The minimum absolute atomic E-state index is 0.603. The molecule has 0 saturated carbocycles. The molecule has 0 amide bonds. The van der Waals surface area contributed by atoms with Crippen molar-refractivity contribution in [2.45, 2.75) is 27.3 Å². The van der Waals surface area contributed by atoms with Gasteiger partial charge in [-0.2, -0.15) is 0 Å². The Morgan fingerprint density at radius 2 is 1.83 bits per heavy atom. The van der Waals surface area contributed by atoms with E-state index in [4.69, 9.17) is 11.6 Å². The summed E-state index contributed by atoms with van der Waals surface area (Å²) in [5, 5.41) is 3.66. The van der Waals surface area contributed by atoms with Gasteiger partial charge in [0, 0.05) is 5.56 Å². The van der Waals surface area contributed by atoms with E-state index in [2.05, 4.69) is 48.2 Å². The van der Waals surface area contributed by atoms with Crippen LogP contribution in [0.3, 0.4) is 0 Å². The Hall–Kier alpha value is -1.32. The van der Waals surface area contributed by atoms with Gasteiger partial charge in [0.05, 0.1) is 6.54 Å². The van der Waals surface area contributed by atoms with Crippen LogP contribution in [-0.2, 0) is 6.54 Å². The number of halogens is 1. The van der Waals surface area contributed by atoms with Crippen LogP contribution in [0.15, 0.2) is 12.1 Å². The second-order valence-corrected chi connectivity index (χ2v) is 5.01. The van der Waals surface area contributed by atoms with E-state index in [1.807, 2.05) is 7.05 Å². The van der Waals surface area contributed by atoms with Gasteiger partial charge in [0.25, 0.3) is 0 Å². The molecule has 96 valence electrons. The third kappa shape index (κ3) is 2.42. The molecule has 0 spiro atoms. The lowest BCUT2D eigenvalue weighted by Crippen LogP contribution is -2.06. The Labute approximate surface area is 113 Å². The quantitative estimate of drug-likeness (QED) is 0.891. The van der Waals surface area contributed by atoms with E-state index in [-0.39, 0.29) is 0 Å². The van der Waals surface area contributed by atoms with Crippen molar-refractivity contribution < 1.29 is 0 Å². The standard InChI is InChI=1S/C14H18ClN3/c1-8-5-10(3)11(6-9(8)2)13-14(15)18-12(17-13)7-16-4/h5-6,16H,7H2,1-4H3,(H,17,18). The maximum Gasteiger partial charge on any atom is 0.134 e. The molecule has 0 aliphatic heterocycles. The Bertz CT molecular complexity index is 573. The third-order valence-electron chi connectivity index (χ3n) is 3.15. The first-order chi connectivity index (χ1) is 8.52. The number of nitrogens with one attached hydrogen (secondary N) is 2. The summed E-state index contributed by atoms with van der Waals surface area (Å²) in [4.78, 5) is 7.65. The largest absolute Gasteiger partial charge is 0.331 e. The van der Waals surface area contributed by atoms with Gasteiger partial charge in [-0.25, -0.2) is 4.98 Å². The van der Waals surface area contributed by atoms with Crippen LogP contribution >= 0.6 is 11.6 Å². The lowest BCUT2D eigenvalue weighted by molar-refractivity contribution is 0.772. The fourth-order valence-corrected chi connectivity index (χ4v) is 2.30. The van der Waals surface area contributed by atoms with Gasteiger partial charge in [0.15, 0.2) is 0 Å². The van der Waals surface area contributed by atoms with Crippen molar-refractivity contribution in [3.05, 3.63) is 39.8 Å². The zero-order valence-corrected chi connectivity index (χ0v) is 11.9. The number of hydrogen-bond acceptors (Lipinski definition) is 2. The average molecular weight is 264 g/mol. The molecular formula is C14H18ClN3. The molecular weight excluding hydrogens is 246 g/mol. The Morgan fingerprint density at radius 3 is 2.50 bits per heavy atom. The van der Waals surface area contributed by atoms with Crippen LogP contribution in [0.2, 0.25) is 5.15 Å². The van der Waals surface area contributed by atoms with Gasteiger partial charge in [-0.15, -0.1) is 0 Å². The number of rotatable bonds is 3. The van der Waals surface area contributed by atoms with Gasteiger partial charge in [-0.3, -0.25) is 0 Å². The first-order valence-corrected chi connectivity index (χ1v) is 6.38. The number of aryl methyl sites for hydroxylation is 3. The summed E-state index contributed by atoms with van der Waals surface area (Å²) in [6, 6.07) is 4.32. The van der Waals surface area contributed by atoms with E-state index >= 15 is 0 Å². The highest BCUT2D eigenvalue weighted by molar-refractivity contribution is 6.32. The molecule has 0 aliphatic carbocycles. The summed E-state index contributed by atoms with van der Waals surface area (Å²) in [5.74, 6) is 0.857. The normalized spacial score (nSPS) is 10.9. The van der Waals surface area contributed by atoms with E-state index in [0.29, 0.717) is 11.7 Å². The Kier molecular flexibility index (Phi) is 3.73. The van der Waals surface area contributed by atoms with Gasteiger partial charge >= 0.3 is 0 Å². The third-order valence-corrected chi connectivity index (χ3v) is 3.42. The summed E-state index contributed by atoms with van der Waals surface area (Å²) in [6.45, 7) is 6.99. The van der Waals surface area contributed by atoms with Gasteiger partial charge in [-0.05, 0) is 50.6 Å². The molecule has 4 heteroatoms. The molecule has 3 nitrogen and oxygen atoms in total. The molecule has 1 heterocycles. The molecule has 2 rings (SSSR count). The molecule has 0 aliphatic rings. The van der Waals surface area contributed by atoms with Crippen LogP contribution in [0, 0.1) is 20.8 Å². The highest BCUT2D eigenvalue weighted by atomic mass is 35.5. The number of benzene rings is 1. The molecule has 2 aromatic rings. The monoisotopic (exact) mass is 263 g/mol. The van der Waals surface area contributed by atoms with E-state index in [1.54, 1.807) is 0 Å². The summed E-state index contributed by atoms with van der Waals surface area (Å²) in [6.07, 6.45) is 0. The summed E-state index contributed by atoms with van der Waals surface area (Å²) in [5.41, 5.74) is 5.68. The SMILES string of the molecule is CNCc1nc(-c2cc(C)c(C)cc2C)c(Cl)[nH]1. The zero-order valence-electron chi connectivity index (χ0n) is 11.2. The molecule has 18 heavy (non-hydrogen) atoms.